The second-order valence-electron chi connectivity index (χ2n) is 4.86. The minimum absolute atomic E-state index is 0.488. The molecule has 4 nitrogen and oxygen atoms in total. The van der Waals surface area contributed by atoms with Crippen LogP contribution in [0.4, 0.5) is 0 Å². The number of hydrogen-bond acceptors (Lipinski definition) is 4. The van der Waals surface area contributed by atoms with Gasteiger partial charge in [-0.25, -0.2) is 0 Å². The zero-order chi connectivity index (χ0) is 13.7. The zero-order valence-electron chi connectivity index (χ0n) is 11.6. The van der Waals surface area contributed by atoms with Crippen LogP contribution in [0.1, 0.15) is 44.0 Å². The molecule has 1 aromatic carbocycles. The van der Waals surface area contributed by atoms with E-state index in [1.807, 2.05) is 32.0 Å². The highest BCUT2D eigenvalue weighted by molar-refractivity contribution is 5.15. The summed E-state index contributed by atoms with van der Waals surface area (Å²) < 4.78 is 5.31. The van der Waals surface area contributed by atoms with E-state index in [0.29, 0.717) is 5.89 Å². The van der Waals surface area contributed by atoms with Crippen molar-refractivity contribution in [3.63, 3.8) is 0 Å². The number of aryl methyl sites for hydroxylation is 2. The smallest absolute Gasteiger partial charge is 0.246 e. The lowest BCUT2D eigenvalue weighted by Gasteiger charge is -2.20. The van der Waals surface area contributed by atoms with Gasteiger partial charge in [-0.1, -0.05) is 49.3 Å². The first-order valence-corrected chi connectivity index (χ1v) is 6.84. The average molecular weight is 259 g/mol. The van der Waals surface area contributed by atoms with Gasteiger partial charge in [0.1, 0.15) is 0 Å². The van der Waals surface area contributed by atoms with Gasteiger partial charge < -0.3 is 10.3 Å². The van der Waals surface area contributed by atoms with Gasteiger partial charge in [0, 0.05) is 6.42 Å². The molecule has 1 aromatic heterocycles. The molecule has 0 unspecified atom stereocenters. The molecule has 2 aromatic rings. The third-order valence-electron chi connectivity index (χ3n) is 3.64. The summed E-state index contributed by atoms with van der Waals surface area (Å²) in [5, 5.41) is 4.03. The van der Waals surface area contributed by atoms with Crippen molar-refractivity contribution < 1.29 is 4.52 Å². The molecule has 0 bridgehead atoms. The van der Waals surface area contributed by atoms with Crippen molar-refractivity contribution in [3.8, 4) is 0 Å². The molecule has 0 aliphatic carbocycles. The van der Waals surface area contributed by atoms with Crippen molar-refractivity contribution in [2.24, 2.45) is 5.73 Å². The summed E-state index contributed by atoms with van der Waals surface area (Å²) in [5.41, 5.74) is 7.03. The van der Waals surface area contributed by atoms with Crippen LogP contribution in [0.25, 0.3) is 0 Å². The SMILES string of the molecule is CCC(N)(CC)c1nc(CCc2ccccc2)no1. The zero-order valence-corrected chi connectivity index (χ0v) is 11.6. The van der Waals surface area contributed by atoms with Crippen molar-refractivity contribution in [1.82, 2.24) is 10.1 Å². The van der Waals surface area contributed by atoms with Gasteiger partial charge in [0.2, 0.25) is 5.89 Å². The first kappa shape index (κ1) is 13.7. The number of hydrogen-bond donors (Lipinski definition) is 1. The predicted octanol–water partition coefficient (Wildman–Crippen LogP) is 2.83. The van der Waals surface area contributed by atoms with Crippen molar-refractivity contribution in [2.75, 3.05) is 0 Å². The summed E-state index contributed by atoms with van der Waals surface area (Å²) in [6.45, 7) is 4.08. The van der Waals surface area contributed by atoms with Crippen molar-refractivity contribution >= 4 is 0 Å². The Hall–Kier alpha value is -1.68. The number of aromatic nitrogens is 2. The highest BCUT2D eigenvalue weighted by atomic mass is 16.5. The van der Waals surface area contributed by atoms with Gasteiger partial charge >= 0.3 is 0 Å². The second kappa shape index (κ2) is 5.97. The first-order chi connectivity index (χ1) is 9.18. The van der Waals surface area contributed by atoms with Crippen molar-refractivity contribution in [3.05, 3.63) is 47.6 Å². The number of nitrogens with zero attached hydrogens (tertiary/aromatic N) is 2. The fourth-order valence-electron chi connectivity index (χ4n) is 2.01. The van der Waals surface area contributed by atoms with Gasteiger partial charge in [0.25, 0.3) is 0 Å². The third kappa shape index (κ3) is 3.20. The van der Waals surface area contributed by atoms with E-state index in [-0.39, 0.29) is 0 Å². The fourth-order valence-corrected chi connectivity index (χ4v) is 2.01. The molecule has 4 heteroatoms. The van der Waals surface area contributed by atoms with E-state index in [0.717, 1.165) is 31.5 Å². The van der Waals surface area contributed by atoms with Gasteiger partial charge in [-0.15, -0.1) is 0 Å². The van der Waals surface area contributed by atoms with E-state index < -0.39 is 5.54 Å². The topological polar surface area (TPSA) is 64.9 Å². The molecule has 0 aliphatic heterocycles. The van der Waals surface area contributed by atoms with Crippen molar-refractivity contribution in [2.45, 2.75) is 45.1 Å². The maximum atomic E-state index is 6.24. The summed E-state index contributed by atoms with van der Waals surface area (Å²) in [4.78, 5) is 4.44. The quantitative estimate of drug-likeness (QED) is 0.866. The van der Waals surface area contributed by atoms with Crippen molar-refractivity contribution in [1.29, 1.82) is 0 Å². The molecule has 0 fully saturated rings. The number of nitrogens with two attached hydrogens (primary N) is 1. The average Bonchev–Trinajstić information content (AvgIpc) is 2.95. The van der Waals surface area contributed by atoms with E-state index in [9.17, 15) is 0 Å². The van der Waals surface area contributed by atoms with Crippen LogP contribution >= 0.6 is 0 Å². The van der Waals surface area contributed by atoms with Gasteiger partial charge in [-0.05, 0) is 24.8 Å². The minimum Gasteiger partial charge on any atom is -0.337 e. The summed E-state index contributed by atoms with van der Waals surface area (Å²) in [6, 6.07) is 10.3. The summed E-state index contributed by atoms with van der Waals surface area (Å²) in [7, 11) is 0. The van der Waals surface area contributed by atoms with Crippen LogP contribution in [-0.4, -0.2) is 10.1 Å². The van der Waals surface area contributed by atoms with E-state index >= 15 is 0 Å². The van der Waals surface area contributed by atoms with Crippen LogP contribution in [0, 0.1) is 0 Å². The van der Waals surface area contributed by atoms with E-state index in [4.69, 9.17) is 10.3 Å². The van der Waals surface area contributed by atoms with Crippen LogP contribution in [0.3, 0.4) is 0 Å². The number of benzene rings is 1. The van der Waals surface area contributed by atoms with Crippen LogP contribution < -0.4 is 5.73 Å². The monoisotopic (exact) mass is 259 g/mol. The van der Waals surface area contributed by atoms with Gasteiger partial charge in [0.05, 0.1) is 5.54 Å². The standard InChI is InChI=1S/C15H21N3O/c1-3-15(16,4-2)14-17-13(18-19-14)11-10-12-8-6-5-7-9-12/h5-9H,3-4,10-11,16H2,1-2H3. The molecule has 2 N–H and O–H groups in total. The molecule has 0 amide bonds. The van der Waals surface area contributed by atoms with E-state index in [1.54, 1.807) is 0 Å². The predicted molar refractivity (Wildman–Crippen MR) is 74.6 cm³/mol. The van der Waals surface area contributed by atoms with Crippen LogP contribution in [0.5, 0.6) is 0 Å². The second-order valence-corrected chi connectivity index (χ2v) is 4.86. The highest BCUT2D eigenvalue weighted by Gasteiger charge is 2.29. The van der Waals surface area contributed by atoms with E-state index in [1.165, 1.54) is 5.56 Å². The molecule has 19 heavy (non-hydrogen) atoms. The fraction of sp³-hybridized carbons (Fsp3) is 0.467. The molecule has 2 rings (SSSR count). The molecule has 0 saturated carbocycles. The lowest BCUT2D eigenvalue weighted by Crippen LogP contribution is -2.35. The Kier molecular flexibility index (Phi) is 4.32. The summed E-state index contributed by atoms with van der Waals surface area (Å²) >= 11 is 0. The van der Waals surface area contributed by atoms with Crippen LogP contribution in [0.2, 0.25) is 0 Å². The molecule has 0 atom stereocenters. The molecule has 0 aliphatic rings. The molecule has 0 saturated heterocycles. The lowest BCUT2D eigenvalue weighted by atomic mass is 9.94. The Labute approximate surface area is 114 Å². The maximum absolute atomic E-state index is 6.24. The Morgan fingerprint density at radius 2 is 1.79 bits per heavy atom. The highest BCUT2D eigenvalue weighted by Crippen LogP contribution is 2.23. The first-order valence-electron chi connectivity index (χ1n) is 6.84. The third-order valence-corrected chi connectivity index (χ3v) is 3.64. The Morgan fingerprint density at radius 1 is 1.11 bits per heavy atom. The van der Waals surface area contributed by atoms with Crippen LogP contribution in [-0.2, 0) is 18.4 Å². The Bertz CT molecular complexity index is 503. The van der Waals surface area contributed by atoms with Gasteiger partial charge in [-0.3, -0.25) is 0 Å². The van der Waals surface area contributed by atoms with E-state index in [2.05, 4.69) is 22.3 Å². The molecule has 0 radical (unpaired) electrons. The largest absolute Gasteiger partial charge is 0.337 e. The van der Waals surface area contributed by atoms with Gasteiger partial charge in [-0.2, -0.15) is 4.98 Å². The van der Waals surface area contributed by atoms with Gasteiger partial charge in [0.15, 0.2) is 5.82 Å². The molecule has 1 heterocycles. The molecular formula is C15H21N3O. The minimum atomic E-state index is -0.488. The Morgan fingerprint density at radius 3 is 2.42 bits per heavy atom. The maximum Gasteiger partial charge on any atom is 0.246 e. The summed E-state index contributed by atoms with van der Waals surface area (Å²) in [6.07, 6.45) is 3.28. The molecule has 0 spiro atoms. The molecule has 102 valence electrons. The lowest BCUT2D eigenvalue weighted by molar-refractivity contribution is 0.266. The molecular weight excluding hydrogens is 238 g/mol. The summed E-state index contributed by atoms with van der Waals surface area (Å²) in [5.74, 6) is 1.29. The normalized spacial score (nSPS) is 11.7. The Balaban J connectivity index is 2.02. The van der Waals surface area contributed by atoms with Crippen LogP contribution in [0.15, 0.2) is 34.9 Å². The number of rotatable bonds is 6.